The number of aliphatic hydroxyl groups excluding tert-OH is 1. The molecule has 1 N–H and O–H groups in total. The van der Waals surface area contributed by atoms with Gasteiger partial charge in [0.2, 0.25) is 0 Å². The summed E-state index contributed by atoms with van der Waals surface area (Å²) in [6.07, 6.45) is 6.54. The number of allylic oxidation sites excluding steroid dienone is 2. The third-order valence-electron chi connectivity index (χ3n) is 5.26. The fraction of sp³-hybridized carbons (Fsp3) is 0.812. The van der Waals surface area contributed by atoms with Crippen LogP contribution < -0.4 is 0 Å². The third kappa shape index (κ3) is 2.02. The molecule has 6 unspecified atom stereocenters. The van der Waals surface area contributed by atoms with Crippen LogP contribution in [-0.2, 0) is 4.74 Å². The molecule has 3 nitrogen and oxygen atoms in total. The molecule has 19 heavy (non-hydrogen) atoms. The summed E-state index contributed by atoms with van der Waals surface area (Å²) >= 11 is 0. The minimum atomic E-state index is -0.648. The highest BCUT2D eigenvalue weighted by Gasteiger charge is 2.58. The number of hydrogen-bond donors (Lipinski definition) is 1. The predicted octanol–water partition coefficient (Wildman–Crippen LogP) is 2.80. The Kier molecular flexibility index (Phi) is 3.19. The number of nitrogens with zero attached hydrogens (tertiary/aromatic N) is 1. The van der Waals surface area contributed by atoms with E-state index in [0.717, 1.165) is 32.1 Å². The molecule has 3 rings (SSSR count). The molecule has 0 saturated carbocycles. The fourth-order valence-corrected chi connectivity index (χ4v) is 4.50. The summed E-state index contributed by atoms with van der Waals surface area (Å²) < 4.78 is 5.85. The maximum Gasteiger partial charge on any atom is 0.112 e. The van der Waals surface area contributed by atoms with E-state index in [1.54, 1.807) is 0 Å². The summed E-state index contributed by atoms with van der Waals surface area (Å²) in [4.78, 5) is 0. The van der Waals surface area contributed by atoms with Crippen molar-refractivity contribution >= 4 is 0 Å². The Labute approximate surface area is 115 Å². The van der Waals surface area contributed by atoms with Gasteiger partial charge in [-0.2, -0.15) is 5.26 Å². The van der Waals surface area contributed by atoms with Crippen LogP contribution in [0.4, 0.5) is 0 Å². The molecule has 1 aliphatic carbocycles. The Morgan fingerprint density at radius 1 is 1.53 bits per heavy atom. The van der Waals surface area contributed by atoms with E-state index in [4.69, 9.17) is 4.74 Å². The lowest BCUT2D eigenvalue weighted by atomic mass is 9.64. The SMILES string of the molecule is CC1=CC(C)CC(C(O)C2(C#N)CC3CCC2O3)C1. The smallest absolute Gasteiger partial charge is 0.112 e. The quantitative estimate of drug-likeness (QED) is 0.778. The van der Waals surface area contributed by atoms with E-state index in [9.17, 15) is 10.4 Å². The molecule has 0 radical (unpaired) electrons. The molecule has 2 fully saturated rings. The van der Waals surface area contributed by atoms with E-state index in [0.29, 0.717) is 5.92 Å². The van der Waals surface area contributed by atoms with Crippen molar-refractivity contribution < 1.29 is 9.84 Å². The number of rotatable bonds is 2. The van der Waals surface area contributed by atoms with Crippen molar-refractivity contribution in [2.45, 2.75) is 64.3 Å². The Morgan fingerprint density at radius 3 is 2.84 bits per heavy atom. The van der Waals surface area contributed by atoms with Gasteiger partial charge in [-0.1, -0.05) is 18.6 Å². The van der Waals surface area contributed by atoms with Crippen molar-refractivity contribution in [2.24, 2.45) is 17.3 Å². The van der Waals surface area contributed by atoms with Gasteiger partial charge in [-0.25, -0.2) is 0 Å². The van der Waals surface area contributed by atoms with Gasteiger partial charge in [0.1, 0.15) is 5.41 Å². The Bertz CT molecular complexity index is 439. The van der Waals surface area contributed by atoms with E-state index in [2.05, 4.69) is 26.0 Å². The van der Waals surface area contributed by atoms with Gasteiger partial charge >= 0.3 is 0 Å². The molecule has 0 spiro atoms. The molecule has 2 aliphatic heterocycles. The highest BCUT2D eigenvalue weighted by atomic mass is 16.5. The first kappa shape index (κ1) is 13.1. The summed E-state index contributed by atoms with van der Waals surface area (Å²) in [5.41, 5.74) is 0.699. The molecule has 0 aromatic carbocycles. The van der Waals surface area contributed by atoms with Gasteiger partial charge in [-0.15, -0.1) is 0 Å². The Hall–Kier alpha value is -0.850. The highest BCUT2D eigenvalue weighted by molar-refractivity contribution is 5.18. The topological polar surface area (TPSA) is 53.2 Å². The van der Waals surface area contributed by atoms with Gasteiger partial charge in [0.05, 0.1) is 24.4 Å². The zero-order chi connectivity index (χ0) is 13.6. The summed E-state index contributed by atoms with van der Waals surface area (Å²) in [6, 6.07) is 2.44. The minimum absolute atomic E-state index is 0.0426. The van der Waals surface area contributed by atoms with Gasteiger partial charge in [0.15, 0.2) is 0 Å². The average molecular weight is 261 g/mol. The molecular formula is C16H23NO2. The molecule has 2 bridgehead atoms. The van der Waals surface area contributed by atoms with Crippen LogP contribution in [0.1, 0.15) is 46.0 Å². The first-order valence-electron chi connectivity index (χ1n) is 7.47. The molecule has 104 valence electrons. The second kappa shape index (κ2) is 4.61. The van der Waals surface area contributed by atoms with Crippen LogP contribution in [-0.4, -0.2) is 23.4 Å². The number of ether oxygens (including phenoxy) is 1. The first-order valence-corrected chi connectivity index (χ1v) is 7.47. The largest absolute Gasteiger partial charge is 0.391 e. The van der Waals surface area contributed by atoms with Crippen LogP contribution >= 0.6 is 0 Å². The maximum absolute atomic E-state index is 10.9. The predicted molar refractivity (Wildman–Crippen MR) is 72.2 cm³/mol. The lowest BCUT2D eigenvalue weighted by Gasteiger charge is -2.39. The summed E-state index contributed by atoms with van der Waals surface area (Å²) in [5, 5.41) is 20.5. The van der Waals surface area contributed by atoms with Crippen LogP contribution in [0.5, 0.6) is 0 Å². The third-order valence-corrected chi connectivity index (χ3v) is 5.26. The molecule has 2 heterocycles. The van der Waals surface area contributed by atoms with Gasteiger partial charge in [-0.05, 0) is 50.9 Å². The standard InChI is InChI=1S/C16H23NO2/c1-10-5-11(2)7-12(6-10)15(18)16(9-17)8-13-3-4-14(16)19-13/h5,10,12-15,18H,3-4,6-8H2,1-2H3. The molecule has 6 atom stereocenters. The Balaban J connectivity index is 1.82. The summed E-state index contributed by atoms with van der Waals surface area (Å²) in [5.74, 6) is 0.714. The fourth-order valence-electron chi connectivity index (χ4n) is 4.50. The molecule has 0 amide bonds. The van der Waals surface area contributed by atoms with Crippen molar-refractivity contribution in [3.05, 3.63) is 11.6 Å². The van der Waals surface area contributed by atoms with Crippen LogP contribution in [0, 0.1) is 28.6 Å². The van der Waals surface area contributed by atoms with Crippen LogP contribution in [0.25, 0.3) is 0 Å². The zero-order valence-corrected chi connectivity index (χ0v) is 11.8. The van der Waals surface area contributed by atoms with E-state index in [1.165, 1.54) is 5.57 Å². The van der Waals surface area contributed by atoms with E-state index < -0.39 is 11.5 Å². The van der Waals surface area contributed by atoms with Crippen LogP contribution in [0.3, 0.4) is 0 Å². The number of nitriles is 1. The van der Waals surface area contributed by atoms with Crippen LogP contribution in [0.15, 0.2) is 11.6 Å². The molecule has 2 saturated heterocycles. The Morgan fingerprint density at radius 2 is 2.32 bits per heavy atom. The normalized spacial score (nSPS) is 46.7. The zero-order valence-electron chi connectivity index (χ0n) is 11.8. The van der Waals surface area contributed by atoms with Crippen molar-refractivity contribution in [3.63, 3.8) is 0 Å². The minimum Gasteiger partial charge on any atom is -0.391 e. The average Bonchev–Trinajstić information content (AvgIpc) is 2.97. The molecule has 0 aromatic heterocycles. The molecule has 3 heteroatoms. The van der Waals surface area contributed by atoms with E-state index in [-0.39, 0.29) is 18.1 Å². The van der Waals surface area contributed by atoms with Gasteiger partial charge in [-0.3, -0.25) is 0 Å². The van der Waals surface area contributed by atoms with Crippen molar-refractivity contribution in [1.82, 2.24) is 0 Å². The second-order valence-electron chi connectivity index (χ2n) is 6.82. The van der Waals surface area contributed by atoms with E-state index in [1.807, 2.05) is 0 Å². The lowest BCUT2D eigenvalue weighted by molar-refractivity contribution is -0.0334. The molecule has 3 aliphatic rings. The first-order chi connectivity index (χ1) is 9.05. The van der Waals surface area contributed by atoms with Gasteiger partial charge in [0.25, 0.3) is 0 Å². The lowest BCUT2D eigenvalue weighted by Crippen LogP contribution is -2.47. The highest BCUT2D eigenvalue weighted by Crippen LogP contribution is 2.52. The summed E-state index contributed by atoms with van der Waals surface area (Å²) in [7, 11) is 0. The van der Waals surface area contributed by atoms with E-state index >= 15 is 0 Å². The summed E-state index contributed by atoms with van der Waals surface area (Å²) in [6.45, 7) is 4.32. The van der Waals surface area contributed by atoms with Gasteiger partial charge < -0.3 is 9.84 Å². The number of fused-ring (bicyclic) bond motifs is 2. The van der Waals surface area contributed by atoms with Crippen molar-refractivity contribution in [3.8, 4) is 6.07 Å². The second-order valence-corrected chi connectivity index (χ2v) is 6.82. The van der Waals surface area contributed by atoms with Crippen molar-refractivity contribution in [2.75, 3.05) is 0 Å². The number of aliphatic hydroxyl groups is 1. The van der Waals surface area contributed by atoms with Gasteiger partial charge in [0, 0.05) is 0 Å². The monoisotopic (exact) mass is 261 g/mol. The number of hydrogen-bond acceptors (Lipinski definition) is 3. The molecule has 0 aromatic rings. The van der Waals surface area contributed by atoms with Crippen molar-refractivity contribution in [1.29, 1.82) is 5.26 Å². The molecular weight excluding hydrogens is 238 g/mol. The maximum atomic E-state index is 10.9. The van der Waals surface area contributed by atoms with Crippen LogP contribution in [0.2, 0.25) is 0 Å².